The molecule has 2 atom stereocenters. The van der Waals surface area contributed by atoms with Gasteiger partial charge in [-0.25, -0.2) is 4.39 Å². The predicted octanol–water partition coefficient (Wildman–Crippen LogP) is 3.02. The summed E-state index contributed by atoms with van der Waals surface area (Å²) in [4.78, 5) is 0. The summed E-state index contributed by atoms with van der Waals surface area (Å²) in [6.07, 6.45) is 1.55. The van der Waals surface area contributed by atoms with Crippen molar-refractivity contribution in [3.8, 4) is 0 Å². The fraction of sp³-hybridized carbons (Fsp3) is 0.375. The van der Waals surface area contributed by atoms with Crippen LogP contribution in [0.5, 0.6) is 0 Å². The summed E-state index contributed by atoms with van der Waals surface area (Å²) >= 11 is 0. The van der Waals surface area contributed by atoms with Crippen molar-refractivity contribution < 1.29 is 13.9 Å². The highest BCUT2D eigenvalue weighted by Gasteiger charge is 2.25. The third kappa shape index (κ3) is 3.68. The van der Waals surface area contributed by atoms with Gasteiger partial charge in [0.05, 0.1) is 6.26 Å². The predicted molar refractivity (Wildman–Crippen MR) is 76.0 cm³/mol. The Kier molecular flexibility index (Phi) is 4.57. The monoisotopic (exact) mass is 277 g/mol. The molecular formula is C16H20FNO2. The Balaban J connectivity index is 1.85. The quantitative estimate of drug-likeness (QED) is 0.853. The minimum absolute atomic E-state index is 0.227. The zero-order valence-electron chi connectivity index (χ0n) is 11.8. The fourth-order valence-electron chi connectivity index (χ4n) is 2.11. The molecular weight excluding hydrogens is 257 g/mol. The standard InChI is InChI=1S/C16H20FNO2/c1-12(13-5-7-14(17)8-6-13)10-18-11-16(2,19)15-4-3-9-20-15/h3-9,12,18-19H,10-11H2,1-2H3/t12-,16-/m1/s1. The molecule has 0 bridgehead atoms. The fourth-order valence-corrected chi connectivity index (χ4v) is 2.11. The van der Waals surface area contributed by atoms with E-state index in [-0.39, 0.29) is 11.7 Å². The van der Waals surface area contributed by atoms with Crippen molar-refractivity contribution in [2.24, 2.45) is 0 Å². The molecule has 4 heteroatoms. The summed E-state index contributed by atoms with van der Waals surface area (Å²) in [5, 5.41) is 13.5. The Morgan fingerprint density at radius 3 is 2.60 bits per heavy atom. The van der Waals surface area contributed by atoms with Crippen LogP contribution in [-0.2, 0) is 5.60 Å². The third-order valence-corrected chi connectivity index (χ3v) is 3.41. The zero-order valence-corrected chi connectivity index (χ0v) is 11.8. The molecule has 0 fully saturated rings. The maximum Gasteiger partial charge on any atom is 0.136 e. The van der Waals surface area contributed by atoms with Gasteiger partial charge in [0.2, 0.25) is 0 Å². The van der Waals surface area contributed by atoms with Gasteiger partial charge in [-0.1, -0.05) is 19.1 Å². The van der Waals surface area contributed by atoms with Crippen molar-refractivity contribution in [3.05, 3.63) is 59.8 Å². The Labute approximate surface area is 118 Å². The minimum atomic E-state index is -1.04. The molecule has 0 saturated heterocycles. The number of halogens is 1. The van der Waals surface area contributed by atoms with Crippen molar-refractivity contribution in [2.75, 3.05) is 13.1 Å². The number of rotatable bonds is 6. The van der Waals surface area contributed by atoms with Gasteiger partial charge in [-0.15, -0.1) is 0 Å². The average Bonchev–Trinajstić information content (AvgIpc) is 2.94. The van der Waals surface area contributed by atoms with Crippen LogP contribution in [0.25, 0.3) is 0 Å². The second-order valence-electron chi connectivity index (χ2n) is 5.33. The van der Waals surface area contributed by atoms with Gasteiger partial charge in [0.1, 0.15) is 17.2 Å². The van der Waals surface area contributed by atoms with E-state index in [0.717, 1.165) is 5.56 Å². The molecule has 2 rings (SSSR count). The topological polar surface area (TPSA) is 45.4 Å². The van der Waals surface area contributed by atoms with Gasteiger partial charge >= 0.3 is 0 Å². The molecule has 2 aromatic rings. The lowest BCUT2D eigenvalue weighted by atomic mass is 10.00. The van der Waals surface area contributed by atoms with Crippen LogP contribution in [0.3, 0.4) is 0 Å². The Morgan fingerprint density at radius 2 is 2.00 bits per heavy atom. The summed E-state index contributed by atoms with van der Waals surface area (Å²) < 4.78 is 18.1. The van der Waals surface area contributed by atoms with Gasteiger partial charge in [0, 0.05) is 13.1 Å². The van der Waals surface area contributed by atoms with Crippen LogP contribution >= 0.6 is 0 Å². The molecule has 1 heterocycles. The molecule has 0 aliphatic rings. The molecule has 0 aliphatic heterocycles. The normalized spacial score (nSPS) is 15.8. The molecule has 0 saturated carbocycles. The smallest absolute Gasteiger partial charge is 0.136 e. The Morgan fingerprint density at radius 1 is 1.30 bits per heavy atom. The highest BCUT2D eigenvalue weighted by Crippen LogP contribution is 2.20. The Hall–Kier alpha value is -1.65. The maximum absolute atomic E-state index is 12.9. The van der Waals surface area contributed by atoms with Crippen molar-refractivity contribution in [1.82, 2.24) is 5.32 Å². The molecule has 0 amide bonds. The number of furan rings is 1. The molecule has 0 radical (unpaired) electrons. The molecule has 0 aliphatic carbocycles. The van der Waals surface area contributed by atoms with Crippen LogP contribution in [0.2, 0.25) is 0 Å². The lowest BCUT2D eigenvalue weighted by Gasteiger charge is -2.22. The lowest BCUT2D eigenvalue weighted by Crippen LogP contribution is -2.36. The van der Waals surface area contributed by atoms with E-state index in [1.165, 1.54) is 12.1 Å². The summed E-state index contributed by atoms with van der Waals surface area (Å²) in [5.74, 6) is 0.553. The highest BCUT2D eigenvalue weighted by atomic mass is 19.1. The van der Waals surface area contributed by atoms with Gasteiger partial charge in [-0.05, 0) is 42.7 Å². The van der Waals surface area contributed by atoms with Crippen molar-refractivity contribution in [2.45, 2.75) is 25.4 Å². The van der Waals surface area contributed by atoms with Gasteiger partial charge in [0.25, 0.3) is 0 Å². The van der Waals surface area contributed by atoms with E-state index in [0.29, 0.717) is 18.8 Å². The number of benzene rings is 1. The van der Waals surface area contributed by atoms with Crippen molar-refractivity contribution in [3.63, 3.8) is 0 Å². The van der Waals surface area contributed by atoms with Gasteiger partial charge < -0.3 is 14.8 Å². The van der Waals surface area contributed by atoms with E-state index in [1.807, 2.05) is 0 Å². The lowest BCUT2D eigenvalue weighted by molar-refractivity contribution is 0.0342. The van der Waals surface area contributed by atoms with Gasteiger partial charge in [-0.2, -0.15) is 0 Å². The van der Waals surface area contributed by atoms with Gasteiger partial charge in [-0.3, -0.25) is 0 Å². The van der Waals surface area contributed by atoms with E-state index < -0.39 is 5.60 Å². The summed E-state index contributed by atoms with van der Waals surface area (Å²) in [7, 11) is 0. The molecule has 3 nitrogen and oxygen atoms in total. The minimum Gasteiger partial charge on any atom is -0.466 e. The van der Waals surface area contributed by atoms with Crippen LogP contribution in [0, 0.1) is 5.82 Å². The number of hydrogen-bond donors (Lipinski definition) is 2. The average molecular weight is 277 g/mol. The molecule has 1 aromatic carbocycles. The first-order valence-corrected chi connectivity index (χ1v) is 6.71. The van der Waals surface area contributed by atoms with E-state index >= 15 is 0 Å². The molecule has 0 spiro atoms. The molecule has 20 heavy (non-hydrogen) atoms. The second-order valence-corrected chi connectivity index (χ2v) is 5.33. The van der Waals surface area contributed by atoms with E-state index in [9.17, 15) is 9.50 Å². The summed E-state index contributed by atoms with van der Waals surface area (Å²) in [5.41, 5.74) is 0.0305. The Bertz CT molecular complexity index is 520. The SMILES string of the molecule is C[C@H](CNC[C@@](C)(O)c1ccco1)c1ccc(F)cc1. The largest absolute Gasteiger partial charge is 0.466 e. The summed E-state index contributed by atoms with van der Waals surface area (Å²) in [6.45, 7) is 4.86. The van der Waals surface area contributed by atoms with Crippen LogP contribution in [-0.4, -0.2) is 18.2 Å². The zero-order chi connectivity index (χ0) is 14.6. The van der Waals surface area contributed by atoms with Crippen LogP contribution in [0.15, 0.2) is 47.1 Å². The van der Waals surface area contributed by atoms with E-state index in [1.54, 1.807) is 37.5 Å². The molecule has 2 N–H and O–H groups in total. The highest BCUT2D eigenvalue weighted by molar-refractivity contribution is 5.20. The first-order valence-electron chi connectivity index (χ1n) is 6.71. The van der Waals surface area contributed by atoms with Crippen LogP contribution in [0.1, 0.15) is 31.1 Å². The van der Waals surface area contributed by atoms with E-state index in [2.05, 4.69) is 12.2 Å². The number of aliphatic hydroxyl groups is 1. The molecule has 0 unspecified atom stereocenters. The summed E-state index contributed by atoms with van der Waals surface area (Å²) in [6, 6.07) is 10.0. The molecule has 108 valence electrons. The number of nitrogens with one attached hydrogen (secondary N) is 1. The molecule has 1 aromatic heterocycles. The van der Waals surface area contributed by atoms with Crippen molar-refractivity contribution >= 4 is 0 Å². The van der Waals surface area contributed by atoms with Crippen LogP contribution in [0.4, 0.5) is 4.39 Å². The van der Waals surface area contributed by atoms with E-state index in [4.69, 9.17) is 4.42 Å². The maximum atomic E-state index is 12.9. The third-order valence-electron chi connectivity index (χ3n) is 3.41. The van der Waals surface area contributed by atoms with Gasteiger partial charge in [0.15, 0.2) is 0 Å². The second kappa shape index (κ2) is 6.20. The first-order chi connectivity index (χ1) is 9.49. The van der Waals surface area contributed by atoms with Crippen molar-refractivity contribution in [1.29, 1.82) is 0 Å². The first kappa shape index (κ1) is 14.8. The number of hydrogen-bond acceptors (Lipinski definition) is 3. The van der Waals surface area contributed by atoms with Crippen LogP contribution < -0.4 is 5.32 Å².